The highest BCUT2D eigenvalue weighted by atomic mass is 16.5. The average molecular weight is 356 g/mol. The van der Waals surface area contributed by atoms with Crippen molar-refractivity contribution in [3.05, 3.63) is 60.2 Å². The number of Topliss-reactive ketones (excluding diaryl/α,β-unsaturated/α-hetero) is 1. The second-order valence-corrected chi connectivity index (χ2v) is 5.63. The molecule has 0 radical (unpaired) electrons. The third kappa shape index (κ3) is 3.99. The van der Waals surface area contributed by atoms with Gasteiger partial charge in [0.1, 0.15) is 0 Å². The van der Waals surface area contributed by atoms with Crippen LogP contribution in [0.25, 0.3) is 0 Å². The summed E-state index contributed by atoms with van der Waals surface area (Å²) in [5.41, 5.74) is 1.38. The fourth-order valence-corrected chi connectivity index (χ4v) is 2.82. The highest BCUT2D eigenvalue weighted by molar-refractivity contribution is 6.01. The molecule has 1 unspecified atom stereocenters. The van der Waals surface area contributed by atoms with Crippen LogP contribution in [0.15, 0.2) is 49.1 Å². The van der Waals surface area contributed by atoms with Crippen LogP contribution in [0.1, 0.15) is 28.3 Å². The Morgan fingerprint density at radius 2 is 1.42 bits per heavy atom. The van der Waals surface area contributed by atoms with Gasteiger partial charge in [-0.3, -0.25) is 4.79 Å². The van der Waals surface area contributed by atoms with Crippen LogP contribution in [0, 0.1) is 0 Å². The summed E-state index contributed by atoms with van der Waals surface area (Å²) in [4.78, 5) is 13.1. The van der Waals surface area contributed by atoms with Crippen LogP contribution in [0.3, 0.4) is 0 Å². The lowest BCUT2D eigenvalue weighted by Crippen LogP contribution is -2.13. The molecule has 0 saturated heterocycles. The lowest BCUT2D eigenvalue weighted by molar-refractivity contribution is 0.0959. The number of rotatable bonds is 9. The first-order valence-corrected chi connectivity index (χ1v) is 8.18. The molecular weight excluding hydrogens is 332 g/mol. The first-order valence-electron chi connectivity index (χ1n) is 8.18. The zero-order chi connectivity index (χ0) is 19.1. The van der Waals surface area contributed by atoms with Gasteiger partial charge in [-0.05, 0) is 42.3 Å². The van der Waals surface area contributed by atoms with Crippen molar-refractivity contribution in [2.24, 2.45) is 0 Å². The predicted molar refractivity (Wildman–Crippen MR) is 101 cm³/mol. The van der Waals surface area contributed by atoms with Gasteiger partial charge in [-0.2, -0.15) is 0 Å². The molecule has 2 rings (SSSR count). The second kappa shape index (κ2) is 8.94. The van der Waals surface area contributed by atoms with Crippen molar-refractivity contribution < 1.29 is 23.7 Å². The largest absolute Gasteiger partial charge is 0.493 e. The molecule has 0 fully saturated rings. The summed E-state index contributed by atoms with van der Waals surface area (Å²) in [6.07, 6.45) is 2.24. The van der Waals surface area contributed by atoms with Crippen molar-refractivity contribution in [2.45, 2.75) is 12.3 Å². The van der Waals surface area contributed by atoms with Crippen molar-refractivity contribution in [3.63, 3.8) is 0 Å². The van der Waals surface area contributed by atoms with Crippen LogP contribution >= 0.6 is 0 Å². The molecule has 0 saturated carbocycles. The number of allylic oxidation sites excluding steroid dienone is 1. The van der Waals surface area contributed by atoms with Crippen LogP contribution in [-0.2, 0) is 0 Å². The van der Waals surface area contributed by atoms with E-state index in [1.807, 2.05) is 12.1 Å². The molecule has 0 N–H and O–H groups in total. The lowest BCUT2D eigenvalue weighted by atomic mass is 9.87. The van der Waals surface area contributed by atoms with Gasteiger partial charge < -0.3 is 18.9 Å². The van der Waals surface area contributed by atoms with Gasteiger partial charge in [-0.25, -0.2) is 0 Å². The Bertz CT molecular complexity index is 782. The van der Waals surface area contributed by atoms with Crippen LogP contribution in [0.4, 0.5) is 0 Å². The average Bonchev–Trinajstić information content (AvgIpc) is 2.70. The zero-order valence-electron chi connectivity index (χ0n) is 15.6. The van der Waals surface area contributed by atoms with Gasteiger partial charge in [0.05, 0.1) is 34.4 Å². The molecule has 0 amide bonds. The number of carbonyl (C=O) groups excluding carboxylic acids is 1. The molecule has 0 bridgehead atoms. The van der Waals surface area contributed by atoms with Gasteiger partial charge >= 0.3 is 0 Å². The van der Waals surface area contributed by atoms with Gasteiger partial charge in [0.25, 0.3) is 0 Å². The van der Waals surface area contributed by atoms with Gasteiger partial charge in [0.2, 0.25) is 0 Å². The number of methoxy groups -OCH3 is 4. The first-order chi connectivity index (χ1) is 12.6. The molecule has 5 heteroatoms. The van der Waals surface area contributed by atoms with E-state index in [2.05, 4.69) is 6.58 Å². The van der Waals surface area contributed by atoms with Crippen molar-refractivity contribution in [2.75, 3.05) is 28.4 Å². The van der Waals surface area contributed by atoms with E-state index < -0.39 is 0 Å². The van der Waals surface area contributed by atoms with Crippen molar-refractivity contribution in [3.8, 4) is 23.0 Å². The van der Waals surface area contributed by atoms with E-state index in [1.165, 1.54) is 0 Å². The summed E-state index contributed by atoms with van der Waals surface area (Å²) < 4.78 is 21.2. The van der Waals surface area contributed by atoms with Crippen LogP contribution < -0.4 is 18.9 Å². The highest BCUT2D eigenvalue weighted by Crippen LogP contribution is 2.35. The van der Waals surface area contributed by atoms with E-state index in [4.69, 9.17) is 18.9 Å². The summed E-state index contributed by atoms with van der Waals surface area (Å²) in [5.74, 6) is 1.88. The van der Waals surface area contributed by atoms with E-state index in [9.17, 15) is 4.79 Å². The maximum absolute atomic E-state index is 13.1. The molecule has 0 aliphatic rings. The number of carbonyl (C=O) groups is 1. The van der Waals surface area contributed by atoms with Crippen LogP contribution in [-0.4, -0.2) is 34.2 Å². The van der Waals surface area contributed by atoms with E-state index in [-0.39, 0.29) is 11.7 Å². The standard InChI is InChI=1S/C21H24O5/c1-6-7-16(14-8-10-17(23-2)19(12-14)25-4)21(22)15-9-11-18(24-3)20(13-15)26-5/h6,8-13,16H,1,7H2,2-5H3. The molecule has 0 spiro atoms. The maximum atomic E-state index is 13.1. The highest BCUT2D eigenvalue weighted by Gasteiger charge is 2.23. The Labute approximate surface area is 154 Å². The molecule has 0 aliphatic heterocycles. The first kappa shape index (κ1) is 19.4. The Morgan fingerprint density at radius 3 is 1.96 bits per heavy atom. The number of ether oxygens (including phenoxy) is 4. The quantitative estimate of drug-likeness (QED) is 0.496. The van der Waals surface area contributed by atoms with E-state index in [0.29, 0.717) is 35.0 Å². The third-order valence-corrected chi connectivity index (χ3v) is 4.20. The predicted octanol–water partition coefficient (Wildman–Crippen LogP) is 4.26. The summed E-state index contributed by atoms with van der Waals surface area (Å²) in [6.45, 7) is 3.79. The Morgan fingerprint density at radius 1 is 0.885 bits per heavy atom. The lowest BCUT2D eigenvalue weighted by Gasteiger charge is -2.18. The molecular formula is C21H24O5. The Hall–Kier alpha value is -2.95. The van der Waals surface area contributed by atoms with E-state index in [1.54, 1.807) is 58.8 Å². The molecule has 2 aromatic carbocycles. The molecule has 5 nitrogen and oxygen atoms in total. The topological polar surface area (TPSA) is 54.0 Å². The molecule has 1 atom stereocenters. The molecule has 26 heavy (non-hydrogen) atoms. The van der Waals surface area contributed by atoms with Gasteiger partial charge in [-0.1, -0.05) is 12.1 Å². The minimum absolute atomic E-state index is 0.0296. The van der Waals surface area contributed by atoms with E-state index in [0.717, 1.165) is 5.56 Å². The fourth-order valence-electron chi connectivity index (χ4n) is 2.82. The molecule has 0 heterocycles. The number of hydrogen-bond donors (Lipinski definition) is 0. The van der Waals surface area contributed by atoms with Crippen molar-refractivity contribution in [1.82, 2.24) is 0 Å². The normalized spacial score (nSPS) is 11.4. The van der Waals surface area contributed by atoms with E-state index >= 15 is 0 Å². The Balaban J connectivity index is 2.43. The summed E-state index contributed by atoms with van der Waals surface area (Å²) >= 11 is 0. The molecule has 2 aromatic rings. The monoisotopic (exact) mass is 356 g/mol. The smallest absolute Gasteiger partial charge is 0.170 e. The fraction of sp³-hybridized carbons (Fsp3) is 0.286. The number of benzene rings is 2. The summed E-state index contributed by atoms with van der Waals surface area (Å²) in [7, 11) is 6.25. The minimum Gasteiger partial charge on any atom is -0.493 e. The molecule has 0 aromatic heterocycles. The van der Waals surface area contributed by atoms with Crippen molar-refractivity contribution in [1.29, 1.82) is 0 Å². The van der Waals surface area contributed by atoms with Crippen LogP contribution in [0.2, 0.25) is 0 Å². The third-order valence-electron chi connectivity index (χ3n) is 4.20. The Kier molecular flexibility index (Phi) is 6.67. The number of hydrogen-bond acceptors (Lipinski definition) is 5. The zero-order valence-corrected chi connectivity index (χ0v) is 15.6. The summed E-state index contributed by atoms with van der Waals surface area (Å²) in [5, 5.41) is 0. The second-order valence-electron chi connectivity index (χ2n) is 5.63. The molecule has 0 aliphatic carbocycles. The number of ketones is 1. The van der Waals surface area contributed by atoms with Crippen molar-refractivity contribution >= 4 is 5.78 Å². The maximum Gasteiger partial charge on any atom is 0.170 e. The van der Waals surface area contributed by atoms with Gasteiger partial charge in [0, 0.05) is 5.56 Å². The van der Waals surface area contributed by atoms with Gasteiger partial charge in [0.15, 0.2) is 28.8 Å². The SMILES string of the molecule is C=CCC(C(=O)c1ccc(OC)c(OC)c1)c1ccc(OC)c(OC)c1. The minimum atomic E-state index is -0.384. The van der Waals surface area contributed by atoms with Gasteiger partial charge in [-0.15, -0.1) is 6.58 Å². The summed E-state index contributed by atoms with van der Waals surface area (Å²) in [6, 6.07) is 10.6. The molecule has 138 valence electrons. The van der Waals surface area contributed by atoms with Crippen LogP contribution in [0.5, 0.6) is 23.0 Å².